The molecule has 1 aromatic carbocycles. The number of nitrogens with one attached hydrogen (secondary N) is 1. The number of halogens is 5. The van der Waals surface area contributed by atoms with Crippen LogP contribution in [0.4, 0.5) is 18.9 Å². The molecule has 12 heteroatoms. The molecule has 0 aliphatic carbocycles. The van der Waals surface area contributed by atoms with Crippen molar-refractivity contribution in [1.82, 2.24) is 4.98 Å². The van der Waals surface area contributed by atoms with E-state index in [4.69, 9.17) is 27.9 Å². The highest BCUT2D eigenvalue weighted by atomic mass is 35.5. The summed E-state index contributed by atoms with van der Waals surface area (Å²) >= 11 is 12.2. The molecule has 2 rings (SSSR count). The second kappa shape index (κ2) is 9.68. The minimum Gasteiger partial charge on any atom is -0.466 e. The van der Waals surface area contributed by atoms with Crippen molar-refractivity contribution in [3.63, 3.8) is 0 Å². The van der Waals surface area contributed by atoms with Crippen LogP contribution in [0.3, 0.4) is 0 Å². The van der Waals surface area contributed by atoms with Gasteiger partial charge < -0.3 is 19.5 Å². The van der Waals surface area contributed by atoms with E-state index in [-0.39, 0.29) is 33.1 Å². The number of alkyl halides is 3. The molecular formula is C18H13Cl2F3N2O5. The summed E-state index contributed by atoms with van der Waals surface area (Å²) in [5.74, 6) is -2.24. The van der Waals surface area contributed by atoms with Crippen molar-refractivity contribution in [3.05, 3.63) is 57.8 Å². The molecule has 0 saturated carbocycles. The van der Waals surface area contributed by atoms with Crippen LogP contribution in [0.25, 0.3) is 0 Å². The van der Waals surface area contributed by atoms with Gasteiger partial charge in [0.1, 0.15) is 11.4 Å². The summed E-state index contributed by atoms with van der Waals surface area (Å²) in [7, 11) is 2.23. The van der Waals surface area contributed by atoms with Crippen LogP contribution in [0, 0.1) is 0 Å². The first-order valence-electron chi connectivity index (χ1n) is 7.91. The van der Waals surface area contributed by atoms with Crippen molar-refractivity contribution in [2.24, 2.45) is 0 Å². The largest absolute Gasteiger partial charge is 0.466 e. The van der Waals surface area contributed by atoms with E-state index >= 15 is 0 Å². The van der Waals surface area contributed by atoms with Gasteiger partial charge in [-0.1, -0.05) is 29.3 Å². The van der Waals surface area contributed by atoms with Crippen molar-refractivity contribution in [1.29, 1.82) is 0 Å². The highest BCUT2D eigenvalue weighted by molar-refractivity contribution is 6.37. The molecule has 0 amide bonds. The summed E-state index contributed by atoms with van der Waals surface area (Å²) in [4.78, 5) is 26.6. The maximum atomic E-state index is 12.8. The summed E-state index contributed by atoms with van der Waals surface area (Å²) in [6.45, 7) is 0. The van der Waals surface area contributed by atoms with E-state index in [1.54, 1.807) is 0 Å². The fraction of sp³-hybridized carbons (Fsp3) is 0.167. The number of hydrogen-bond acceptors (Lipinski definition) is 7. The minimum atomic E-state index is -4.66. The van der Waals surface area contributed by atoms with Gasteiger partial charge in [0.05, 0.1) is 30.3 Å². The number of hydrogen-bond donors (Lipinski definition) is 1. The molecule has 1 aromatic heterocycles. The highest BCUT2D eigenvalue weighted by Gasteiger charge is 2.32. The lowest BCUT2D eigenvalue weighted by atomic mass is 10.2. The van der Waals surface area contributed by atoms with Gasteiger partial charge in [0.15, 0.2) is 5.75 Å². The monoisotopic (exact) mass is 464 g/mol. The van der Waals surface area contributed by atoms with Crippen LogP contribution in [0.5, 0.6) is 11.6 Å². The molecule has 1 heterocycles. The standard InChI is InChI=1S/C18H13Cl2F3N2O5/c1-28-15(26)8-12(17(27)29-2)24-9-6-10(19)16(11(20)7-9)30-14-5-3-4-13(25-14)18(21,22)23/h3-8,24H,1-2H3/b12-8+. The van der Waals surface area contributed by atoms with Gasteiger partial charge in [-0.2, -0.15) is 13.2 Å². The maximum absolute atomic E-state index is 12.8. The summed E-state index contributed by atoms with van der Waals surface area (Å²) in [5, 5.41) is 2.38. The predicted molar refractivity (Wildman–Crippen MR) is 102 cm³/mol. The van der Waals surface area contributed by atoms with E-state index in [1.807, 2.05) is 0 Å². The Labute approximate surface area is 178 Å². The molecule has 0 fully saturated rings. The Hall–Kier alpha value is -2.98. The first-order chi connectivity index (χ1) is 14.0. The van der Waals surface area contributed by atoms with E-state index in [0.29, 0.717) is 0 Å². The number of esters is 2. The third-order valence-electron chi connectivity index (χ3n) is 3.37. The first kappa shape index (κ1) is 23.3. The van der Waals surface area contributed by atoms with Crippen LogP contribution in [0.1, 0.15) is 5.69 Å². The summed E-state index contributed by atoms with van der Waals surface area (Å²) in [6, 6.07) is 5.63. The second-order valence-electron chi connectivity index (χ2n) is 5.43. The van der Waals surface area contributed by atoms with E-state index in [2.05, 4.69) is 19.8 Å². The average molecular weight is 465 g/mol. The number of carbonyl (C=O) groups excluding carboxylic acids is 2. The Morgan fingerprint density at radius 1 is 1.10 bits per heavy atom. The molecule has 0 atom stereocenters. The predicted octanol–water partition coefficient (Wildman–Crippen LogP) is 4.84. The molecule has 0 spiro atoms. The first-order valence-corrected chi connectivity index (χ1v) is 8.67. The Kier molecular flexibility index (Phi) is 7.52. The second-order valence-corrected chi connectivity index (χ2v) is 6.24. The molecule has 160 valence electrons. The Morgan fingerprint density at radius 3 is 2.27 bits per heavy atom. The number of pyridine rings is 1. The lowest BCUT2D eigenvalue weighted by Gasteiger charge is -2.14. The Balaban J connectivity index is 2.32. The molecule has 0 aliphatic rings. The van der Waals surface area contributed by atoms with Crippen LogP contribution in [0.2, 0.25) is 10.0 Å². The highest BCUT2D eigenvalue weighted by Crippen LogP contribution is 2.39. The molecule has 0 radical (unpaired) electrons. The van der Waals surface area contributed by atoms with Crippen molar-refractivity contribution in [2.75, 3.05) is 19.5 Å². The van der Waals surface area contributed by atoms with Gasteiger partial charge >= 0.3 is 18.1 Å². The van der Waals surface area contributed by atoms with Gasteiger partial charge in [0.25, 0.3) is 0 Å². The number of rotatable bonds is 6. The van der Waals surface area contributed by atoms with Crippen molar-refractivity contribution >= 4 is 40.8 Å². The zero-order valence-corrected chi connectivity index (χ0v) is 16.9. The number of benzene rings is 1. The Bertz CT molecular complexity index is 973. The zero-order valence-electron chi connectivity index (χ0n) is 15.3. The third kappa shape index (κ3) is 6.01. The minimum absolute atomic E-state index is 0.105. The molecule has 2 aromatic rings. The Morgan fingerprint density at radius 2 is 1.73 bits per heavy atom. The van der Waals surface area contributed by atoms with Crippen molar-refractivity contribution in [2.45, 2.75) is 6.18 Å². The number of methoxy groups -OCH3 is 2. The smallest absolute Gasteiger partial charge is 0.433 e. The molecule has 30 heavy (non-hydrogen) atoms. The van der Waals surface area contributed by atoms with Gasteiger partial charge in [-0.05, 0) is 18.2 Å². The molecule has 0 unspecified atom stereocenters. The molecule has 7 nitrogen and oxygen atoms in total. The quantitative estimate of drug-likeness (QED) is 0.483. The van der Waals surface area contributed by atoms with Gasteiger partial charge in [0.2, 0.25) is 5.88 Å². The van der Waals surface area contributed by atoms with E-state index in [1.165, 1.54) is 18.2 Å². The third-order valence-corrected chi connectivity index (χ3v) is 3.93. The summed E-state index contributed by atoms with van der Waals surface area (Å²) in [5.41, 5.74) is -1.26. The number of anilines is 1. The van der Waals surface area contributed by atoms with Gasteiger partial charge in [0, 0.05) is 11.8 Å². The maximum Gasteiger partial charge on any atom is 0.433 e. The average Bonchev–Trinajstić information content (AvgIpc) is 2.69. The van der Waals surface area contributed by atoms with Gasteiger partial charge in [-0.15, -0.1) is 0 Å². The molecular weight excluding hydrogens is 452 g/mol. The van der Waals surface area contributed by atoms with E-state index in [0.717, 1.165) is 32.4 Å². The fourth-order valence-corrected chi connectivity index (χ4v) is 2.62. The number of aromatic nitrogens is 1. The topological polar surface area (TPSA) is 86.8 Å². The summed E-state index contributed by atoms with van der Waals surface area (Å²) in [6.07, 6.45) is -3.80. The lowest BCUT2D eigenvalue weighted by Crippen LogP contribution is -2.15. The van der Waals surface area contributed by atoms with Gasteiger partial charge in [-0.3, -0.25) is 0 Å². The van der Waals surface area contributed by atoms with E-state index < -0.39 is 23.8 Å². The van der Waals surface area contributed by atoms with Crippen LogP contribution in [-0.2, 0) is 25.2 Å². The SMILES string of the molecule is COC(=O)/C=C(/Nc1cc(Cl)c(Oc2cccc(C(F)(F)F)n2)c(Cl)c1)C(=O)OC. The van der Waals surface area contributed by atoms with Crippen LogP contribution in [0.15, 0.2) is 42.1 Å². The fourth-order valence-electron chi connectivity index (χ4n) is 2.05. The lowest BCUT2D eigenvalue weighted by molar-refractivity contribution is -0.141. The van der Waals surface area contributed by atoms with E-state index in [9.17, 15) is 22.8 Å². The van der Waals surface area contributed by atoms with Gasteiger partial charge in [-0.25, -0.2) is 14.6 Å². The van der Waals surface area contributed by atoms with Crippen LogP contribution < -0.4 is 10.1 Å². The summed E-state index contributed by atoms with van der Waals surface area (Å²) < 4.78 is 52.7. The number of nitrogens with zero attached hydrogens (tertiary/aromatic N) is 1. The molecule has 0 saturated heterocycles. The number of ether oxygens (including phenoxy) is 3. The number of carbonyl (C=O) groups is 2. The van der Waals surface area contributed by atoms with Crippen LogP contribution >= 0.6 is 23.2 Å². The zero-order chi connectivity index (χ0) is 22.5. The van der Waals surface area contributed by atoms with Crippen molar-refractivity contribution < 1.29 is 37.0 Å². The normalized spacial score (nSPS) is 11.6. The van der Waals surface area contributed by atoms with Crippen LogP contribution in [-0.4, -0.2) is 31.1 Å². The molecule has 1 N–H and O–H groups in total. The molecule has 0 aliphatic heterocycles. The van der Waals surface area contributed by atoms with Crippen molar-refractivity contribution in [3.8, 4) is 11.6 Å². The molecule has 0 bridgehead atoms.